The predicted molar refractivity (Wildman–Crippen MR) is 112 cm³/mol. The molecule has 0 aliphatic heterocycles. The van der Waals surface area contributed by atoms with Gasteiger partial charge >= 0.3 is 0 Å². The van der Waals surface area contributed by atoms with Crippen LogP contribution in [0.25, 0.3) is 5.69 Å². The first-order valence-electron chi connectivity index (χ1n) is 9.24. The maximum Gasteiger partial charge on any atom is 0.278 e. The van der Waals surface area contributed by atoms with Crippen LogP contribution in [-0.2, 0) is 0 Å². The highest BCUT2D eigenvalue weighted by Gasteiger charge is 2.17. The van der Waals surface area contributed by atoms with Crippen molar-refractivity contribution in [2.75, 3.05) is 5.32 Å². The molecule has 6 nitrogen and oxygen atoms in total. The molecule has 1 aromatic heterocycles. The number of ether oxygens (including phenoxy) is 1. The fraction of sp³-hybridized carbons (Fsp3) is 0.0870. The molecule has 3 aromatic carbocycles. The van der Waals surface area contributed by atoms with Crippen molar-refractivity contribution >= 4 is 11.6 Å². The monoisotopic (exact) mass is 384 g/mol. The summed E-state index contributed by atoms with van der Waals surface area (Å²) in [6, 6.07) is 24.6. The van der Waals surface area contributed by atoms with Crippen LogP contribution in [0.1, 0.15) is 21.7 Å². The van der Waals surface area contributed by atoms with Crippen molar-refractivity contribution in [3.8, 4) is 17.2 Å². The van der Waals surface area contributed by atoms with Gasteiger partial charge in [-0.2, -0.15) is 0 Å². The van der Waals surface area contributed by atoms with Gasteiger partial charge < -0.3 is 10.1 Å². The molecule has 0 unspecified atom stereocenters. The van der Waals surface area contributed by atoms with Gasteiger partial charge in [0.2, 0.25) is 0 Å². The van der Waals surface area contributed by atoms with Gasteiger partial charge in [-0.15, -0.1) is 5.10 Å². The molecule has 0 radical (unpaired) electrons. The van der Waals surface area contributed by atoms with Gasteiger partial charge in [0.15, 0.2) is 5.69 Å². The number of hydrogen-bond donors (Lipinski definition) is 1. The number of nitrogens with zero attached hydrogens (tertiary/aromatic N) is 3. The molecule has 0 aliphatic rings. The SMILES string of the molecule is Cc1ccc(-n2nnc(C(=O)Nc3ccc(Oc4ccccc4)cc3)c2C)cc1. The molecular formula is C23H20N4O2. The minimum absolute atomic E-state index is 0.287. The van der Waals surface area contributed by atoms with Gasteiger partial charge in [-0.05, 0) is 62.4 Å². The smallest absolute Gasteiger partial charge is 0.278 e. The summed E-state index contributed by atoms with van der Waals surface area (Å²) in [5.74, 6) is 1.14. The molecule has 0 aliphatic carbocycles. The van der Waals surface area contributed by atoms with E-state index in [-0.39, 0.29) is 11.6 Å². The molecule has 0 spiro atoms. The van der Waals surface area contributed by atoms with E-state index in [4.69, 9.17) is 4.74 Å². The van der Waals surface area contributed by atoms with Gasteiger partial charge in [-0.1, -0.05) is 41.1 Å². The van der Waals surface area contributed by atoms with E-state index in [0.717, 1.165) is 17.0 Å². The van der Waals surface area contributed by atoms with Gasteiger partial charge in [-0.25, -0.2) is 4.68 Å². The zero-order chi connectivity index (χ0) is 20.2. The van der Waals surface area contributed by atoms with Gasteiger partial charge in [0, 0.05) is 5.69 Å². The summed E-state index contributed by atoms with van der Waals surface area (Å²) in [6.07, 6.45) is 0. The summed E-state index contributed by atoms with van der Waals surface area (Å²) in [5, 5.41) is 11.0. The summed E-state index contributed by atoms with van der Waals surface area (Å²) < 4.78 is 7.42. The van der Waals surface area contributed by atoms with Crippen molar-refractivity contribution in [1.82, 2.24) is 15.0 Å². The second-order valence-corrected chi connectivity index (χ2v) is 6.66. The molecule has 0 bridgehead atoms. The molecule has 0 atom stereocenters. The van der Waals surface area contributed by atoms with Crippen molar-refractivity contribution in [2.24, 2.45) is 0 Å². The Hall–Kier alpha value is -3.93. The highest BCUT2D eigenvalue weighted by atomic mass is 16.5. The fourth-order valence-electron chi connectivity index (χ4n) is 2.89. The quantitative estimate of drug-likeness (QED) is 0.530. The van der Waals surface area contributed by atoms with Crippen LogP contribution in [0, 0.1) is 13.8 Å². The predicted octanol–water partition coefficient (Wildman–Crippen LogP) is 4.93. The average molecular weight is 384 g/mol. The van der Waals surface area contributed by atoms with Crippen molar-refractivity contribution in [3.63, 3.8) is 0 Å². The van der Waals surface area contributed by atoms with Gasteiger partial charge in [0.25, 0.3) is 5.91 Å². The maximum atomic E-state index is 12.7. The van der Waals surface area contributed by atoms with Crippen LogP contribution < -0.4 is 10.1 Å². The lowest BCUT2D eigenvalue weighted by Crippen LogP contribution is -2.14. The molecule has 4 rings (SSSR count). The summed E-state index contributed by atoms with van der Waals surface area (Å²) in [5.41, 5.74) is 3.64. The number of carbonyl (C=O) groups excluding carboxylic acids is 1. The number of rotatable bonds is 5. The Labute approximate surface area is 168 Å². The molecular weight excluding hydrogens is 364 g/mol. The molecule has 1 N–H and O–H groups in total. The summed E-state index contributed by atoms with van der Waals surface area (Å²) >= 11 is 0. The van der Waals surface area contributed by atoms with Crippen molar-refractivity contribution in [2.45, 2.75) is 13.8 Å². The van der Waals surface area contributed by atoms with E-state index in [1.54, 1.807) is 28.9 Å². The standard InChI is InChI=1S/C23H20N4O2/c1-16-8-12-19(13-9-16)27-17(2)22(25-26-27)23(28)24-18-10-14-21(15-11-18)29-20-6-4-3-5-7-20/h3-15H,1-2H3,(H,24,28). The van der Waals surface area contributed by atoms with Crippen LogP contribution in [0.3, 0.4) is 0 Å². The third-order valence-corrected chi connectivity index (χ3v) is 4.48. The van der Waals surface area contributed by atoms with Crippen LogP contribution >= 0.6 is 0 Å². The van der Waals surface area contributed by atoms with Crippen LogP contribution in [0.2, 0.25) is 0 Å². The van der Waals surface area contributed by atoms with Crippen molar-refractivity contribution in [1.29, 1.82) is 0 Å². The highest BCUT2D eigenvalue weighted by Crippen LogP contribution is 2.23. The van der Waals surface area contributed by atoms with E-state index in [1.165, 1.54) is 0 Å². The Morgan fingerprint density at radius 2 is 1.52 bits per heavy atom. The number of para-hydroxylation sites is 1. The summed E-state index contributed by atoms with van der Waals surface area (Å²) in [7, 11) is 0. The minimum Gasteiger partial charge on any atom is -0.457 e. The molecule has 0 saturated carbocycles. The van der Waals surface area contributed by atoms with E-state index >= 15 is 0 Å². The van der Waals surface area contributed by atoms with Crippen LogP contribution in [0.4, 0.5) is 5.69 Å². The molecule has 4 aromatic rings. The van der Waals surface area contributed by atoms with Crippen LogP contribution in [-0.4, -0.2) is 20.9 Å². The average Bonchev–Trinajstić information content (AvgIpc) is 3.12. The normalized spacial score (nSPS) is 10.6. The van der Waals surface area contributed by atoms with Gasteiger partial charge in [0.1, 0.15) is 11.5 Å². The number of nitrogens with one attached hydrogen (secondary N) is 1. The topological polar surface area (TPSA) is 69.0 Å². The van der Waals surface area contributed by atoms with Crippen LogP contribution in [0.5, 0.6) is 11.5 Å². The first kappa shape index (κ1) is 18.4. The van der Waals surface area contributed by atoms with E-state index in [0.29, 0.717) is 17.1 Å². The van der Waals surface area contributed by atoms with Gasteiger partial charge in [-0.3, -0.25) is 4.79 Å². The number of hydrogen-bond acceptors (Lipinski definition) is 4. The molecule has 0 saturated heterocycles. The molecule has 6 heteroatoms. The number of amides is 1. The Balaban J connectivity index is 1.46. The molecule has 144 valence electrons. The van der Waals surface area contributed by atoms with Crippen molar-refractivity contribution < 1.29 is 9.53 Å². The zero-order valence-electron chi connectivity index (χ0n) is 16.2. The molecule has 29 heavy (non-hydrogen) atoms. The fourth-order valence-corrected chi connectivity index (χ4v) is 2.89. The molecule has 1 heterocycles. The lowest BCUT2D eigenvalue weighted by Gasteiger charge is -2.08. The number of carbonyl (C=O) groups is 1. The Morgan fingerprint density at radius 1 is 0.862 bits per heavy atom. The lowest BCUT2D eigenvalue weighted by atomic mass is 10.2. The zero-order valence-corrected chi connectivity index (χ0v) is 16.2. The van der Waals surface area contributed by atoms with E-state index < -0.39 is 0 Å². The van der Waals surface area contributed by atoms with Gasteiger partial charge in [0.05, 0.1) is 11.4 Å². The summed E-state index contributed by atoms with van der Waals surface area (Å²) in [4.78, 5) is 12.7. The Morgan fingerprint density at radius 3 is 2.21 bits per heavy atom. The number of benzene rings is 3. The second-order valence-electron chi connectivity index (χ2n) is 6.66. The molecule has 1 amide bonds. The van der Waals surface area contributed by atoms with Crippen molar-refractivity contribution in [3.05, 3.63) is 95.8 Å². The second kappa shape index (κ2) is 7.98. The highest BCUT2D eigenvalue weighted by molar-refractivity contribution is 6.03. The Kier molecular flexibility index (Phi) is 5.07. The third kappa shape index (κ3) is 4.16. The number of anilines is 1. The van der Waals surface area contributed by atoms with E-state index in [1.807, 2.05) is 68.4 Å². The number of aromatic nitrogens is 3. The molecule has 0 fully saturated rings. The van der Waals surface area contributed by atoms with E-state index in [2.05, 4.69) is 15.6 Å². The largest absolute Gasteiger partial charge is 0.457 e. The lowest BCUT2D eigenvalue weighted by molar-refractivity contribution is 0.102. The third-order valence-electron chi connectivity index (χ3n) is 4.48. The minimum atomic E-state index is -0.308. The maximum absolute atomic E-state index is 12.7. The summed E-state index contributed by atoms with van der Waals surface area (Å²) in [6.45, 7) is 3.85. The Bertz CT molecular complexity index is 1120. The first-order chi connectivity index (χ1) is 14.1. The number of aryl methyl sites for hydroxylation is 1. The van der Waals surface area contributed by atoms with E-state index in [9.17, 15) is 4.79 Å². The first-order valence-corrected chi connectivity index (χ1v) is 9.24. The van der Waals surface area contributed by atoms with Crippen LogP contribution in [0.15, 0.2) is 78.9 Å².